The van der Waals surface area contributed by atoms with E-state index in [1.165, 1.54) is 10.9 Å². The molecule has 3 nitrogen and oxygen atoms in total. The molecule has 1 atom stereocenters. The van der Waals surface area contributed by atoms with E-state index >= 15 is 0 Å². The number of nitrogens with zero attached hydrogens (tertiary/aromatic N) is 2. The van der Waals surface area contributed by atoms with Crippen LogP contribution in [0.4, 0.5) is 5.69 Å². The predicted molar refractivity (Wildman–Crippen MR) is 135 cm³/mol. The van der Waals surface area contributed by atoms with E-state index in [1.54, 1.807) is 0 Å². The number of benzene rings is 4. The van der Waals surface area contributed by atoms with Gasteiger partial charge in [0.2, 0.25) is 0 Å². The van der Waals surface area contributed by atoms with E-state index in [4.69, 9.17) is 0 Å². The first-order valence-electron chi connectivity index (χ1n) is 11.3. The van der Waals surface area contributed by atoms with E-state index in [0.717, 1.165) is 39.2 Å². The predicted octanol–water partition coefficient (Wildman–Crippen LogP) is 6.90. The molecule has 0 unspecified atom stereocenters. The molecular weight excluding hydrogens is 404 g/mol. The van der Waals surface area contributed by atoms with Gasteiger partial charge in [0, 0.05) is 34.8 Å². The molecule has 1 aliphatic rings. The molecule has 0 aliphatic carbocycles. The number of amides is 1. The lowest BCUT2D eigenvalue weighted by Crippen LogP contribution is -2.28. The van der Waals surface area contributed by atoms with Crippen molar-refractivity contribution in [1.29, 1.82) is 0 Å². The SMILES string of the molecule is Cc1ccc(N2C(=O)c3ccccc3[C@H]2c2c(-c3ccccc3)n(C)c3ccccc23)cc1. The zero-order valence-corrected chi connectivity index (χ0v) is 18.7. The highest BCUT2D eigenvalue weighted by atomic mass is 16.2. The number of anilines is 1. The van der Waals surface area contributed by atoms with Crippen LogP contribution in [0.25, 0.3) is 22.2 Å². The second-order valence-corrected chi connectivity index (χ2v) is 8.70. The van der Waals surface area contributed by atoms with Crippen molar-refractivity contribution in [3.63, 3.8) is 0 Å². The largest absolute Gasteiger partial charge is 0.343 e. The molecule has 5 aromatic rings. The lowest BCUT2D eigenvalue weighted by molar-refractivity contribution is 0.0993. The minimum atomic E-state index is -0.210. The van der Waals surface area contributed by atoms with E-state index in [0.29, 0.717) is 0 Å². The first-order chi connectivity index (χ1) is 16.1. The number of para-hydroxylation sites is 1. The summed E-state index contributed by atoms with van der Waals surface area (Å²) in [5.41, 5.74) is 8.53. The van der Waals surface area contributed by atoms with E-state index in [9.17, 15) is 4.79 Å². The molecule has 0 saturated carbocycles. The molecule has 0 radical (unpaired) electrons. The Kier molecular flexibility index (Phi) is 4.44. The Labute approximate surface area is 193 Å². The Morgan fingerprint density at radius 1 is 0.727 bits per heavy atom. The van der Waals surface area contributed by atoms with Crippen LogP contribution in [0.2, 0.25) is 0 Å². The van der Waals surface area contributed by atoms with Gasteiger partial charge in [-0.2, -0.15) is 0 Å². The summed E-state index contributed by atoms with van der Waals surface area (Å²) in [6.45, 7) is 2.07. The Morgan fingerprint density at radius 2 is 1.39 bits per heavy atom. The Bertz CT molecular complexity index is 1500. The smallest absolute Gasteiger partial charge is 0.259 e. The van der Waals surface area contributed by atoms with E-state index < -0.39 is 0 Å². The summed E-state index contributed by atoms with van der Waals surface area (Å²) in [5, 5.41) is 1.17. The fourth-order valence-corrected chi connectivity index (χ4v) is 5.22. The minimum absolute atomic E-state index is 0.0476. The maximum atomic E-state index is 13.8. The third-order valence-electron chi connectivity index (χ3n) is 6.74. The molecule has 6 rings (SSSR count). The molecule has 0 spiro atoms. The molecule has 1 aliphatic heterocycles. The first-order valence-corrected chi connectivity index (χ1v) is 11.3. The van der Waals surface area contributed by atoms with Gasteiger partial charge in [0.1, 0.15) is 0 Å². The Hall–Kier alpha value is -4.11. The molecule has 0 fully saturated rings. The average molecular weight is 429 g/mol. The summed E-state index contributed by atoms with van der Waals surface area (Å²) in [6, 6.07) is 35.1. The fraction of sp³-hybridized carbons (Fsp3) is 0.100. The Morgan fingerprint density at radius 3 is 2.18 bits per heavy atom. The van der Waals surface area contributed by atoms with Crippen molar-refractivity contribution >= 4 is 22.5 Å². The van der Waals surface area contributed by atoms with Crippen LogP contribution in [0, 0.1) is 6.92 Å². The van der Waals surface area contributed by atoms with Gasteiger partial charge in [-0.1, -0.05) is 84.4 Å². The zero-order chi connectivity index (χ0) is 22.5. The lowest BCUT2D eigenvalue weighted by atomic mass is 9.93. The molecular formula is C30H24N2O. The standard InChI is InChI=1S/C30H24N2O/c1-20-16-18-22(19-17-20)32-29(23-12-6-7-13-24(23)30(32)33)27-25-14-8-9-15-26(25)31(2)28(27)21-10-4-3-5-11-21/h3-19,29H,1-2H3/t29-/m0/s1. The number of aryl methyl sites for hydroxylation is 2. The highest BCUT2D eigenvalue weighted by Crippen LogP contribution is 2.48. The normalized spacial score (nSPS) is 15.3. The van der Waals surface area contributed by atoms with Crippen molar-refractivity contribution < 1.29 is 4.79 Å². The second kappa shape index (κ2) is 7.49. The van der Waals surface area contributed by atoms with Crippen molar-refractivity contribution in [1.82, 2.24) is 4.57 Å². The quantitative estimate of drug-likeness (QED) is 0.307. The van der Waals surface area contributed by atoms with Crippen LogP contribution in [0.15, 0.2) is 103 Å². The number of rotatable bonds is 3. The summed E-state index contributed by atoms with van der Waals surface area (Å²) in [4.78, 5) is 15.7. The number of hydrogen-bond donors (Lipinski definition) is 0. The summed E-state index contributed by atoms with van der Waals surface area (Å²) in [5.74, 6) is 0.0476. The third-order valence-corrected chi connectivity index (χ3v) is 6.74. The van der Waals surface area contributed by atoms with Gasteiger partial charge in [-0.15, -0.1) is 0 Å². The van der Waals surface area contributed by atoms with E-state index in [-0.39, 0.29) is 11.9 Å². The molecule has 1 amide bonds. The minimum Gasteiger partial charge on any atom is -0.343 e. The summed E-state index contributed by atoms with van der Waals surface area (Å²) in [7, 11) is 2.12. The van der Waals surface area contributed by atoms with Crippen molar-refractivity contribution in [3.05, 3.63) is 125 Å². The Balaban J connectivity index is 1.70. The fourth-order valence-electron chi connectivity index (χ4n) is 5.22. The highest BCUT2D eigenvalue weighted by molar-refractivity contribution is 6.13. The number of hydrogen-bond acceptors (Lipinski definition) is 1. The van der Waals surface area contributed by atoms with E-state index in [2.05, 4.69) is 97.4 Å². The topological polar surface area (TPSA) is 25.2 Å². The number of fused-ring (bicyclic) bond motifs is 2. The molecule has 160 valence electrons. The van der Waals surface area contributed by atoms with Gasteiger partial charge in [-0.25, -0.2) is 0 Å². The van der Waals surface area contributed by atoms with Crippen LogP contribution >= 0.6 is 0 Å². The first kappa shape index (κ1) is 19.6. The van der Waals surface area contributed by atoms with Crippen LogP contribution in [0.3, 0.4) is 0 Å². The van der Waals surface area contributed by atoms with Crippen molar-refractivity contribution in [2.24, 2.45) is 7.05 Å². The molecule has 0 saturated heterocycles. The zero-order valence-electron chi connectivity index (χ0n) is 18.7. The second-order valence-electron chi connectivity index (χ2n) is 8.70. The summed E-state index contributed by atoms with van der Waals surface area (Å²) < 4.78 is 2.26. The van der Waals surface area contributed by atoms with Crippen LogP contribution < -0.4 is 4.90 Å². The number of carbonyl (C=O) groups is 1. The molecule has 3 heteroatoms. The molecule has 1 aromatic heterocycles. The van der Waals surface area contributed by atoms with Crippen molar-refractivity contribution in [3.8, 4) is 11.3 Å². The monoisotopic (exact) mass is 428 g/mol. The van der Waals surface area contributed by atoms with Gasteiger partial charge in [-0.3, -0.25) is 9.69 Å². The van der Waals surface area contributed by atoms with Gasteiger partial charge in [0.05, 0.1) is 11.7 Å². The molecule has 33 heavy (non-hydrogen) atoms. The highest BCUT2D eigenvalue weighted by Gasteiger charge is 2.41. The summed E-state index contributed by atoms with van der Waals surface area (Å²) in [6.07, 6.45) is 0. The summed E-state index contributed by atoms with van der Waals surface area (Å²) >= 11 is 0. The lowest BCUT2D eigenvalue weighted by Gasteiger charge is -2.27. The maximum absolute atomic E-state index is 13.8. The van der Waals surface area contributed by atoms with Crippen LogP contribution in [0.1, 0.15) is 33.1 Å². The van der Waals surface area contributed by atoms with Gasteiger partial charge < -0.3 is 4.57 Å². The van der Waals surface area contributed by atoms with Crippen LogP contribution in [0.5, 0.6) is 0 Å². The molecule has 0 bridgehead atoms. The average Bonchev–Trinajstić information content (AvgIpc) is 3.31. The number of aromatic nitrogens is 1. The van der Waals surface area contributed by atoms with Gasteiger partial charge in [0.25, 0.3) is 5.91 Å². The maximum Gasteiger partial charge on any atom is 0.259 e. The molecule has 2 heterocycles. The van der Waals surface area contributed by atoms with Gasteiger partial charge >= 0.3 is 0 Å². The number of carbonyl (C=O) groups excluding carboxylic acids is 1. The third kappa shape index (κ3) is 2.93. The van der Waals surface area contributed by atoms with Crippen molar-refractivity contribution in [2.45, 2.75) is 13.0 Å². The molecule has 0 N–H and O–H groups in total. The van der Waals surface area contributed by atoms with Crippen molar-refractivity contribution in [2.75, 3.05) is 4.90 Å². The van der Waals surface area contributed by atoms with Gasteiger partial charge in [-0.05, 0) is 42.3 Å². The van der Waals surface area contributed by atoms with Gasteiger partial charge in [0.15, 0.2) is 0 Å². The van der Waals surface area contributed by atoms with E-state index in [1.807, 2.05) is 29.2 Å². The van der Waals surface area contributed by atoms with Crippen LogP contribution in [-0.2, 0) is 7.05 Å². The van der Waals surface area contributed by atoms with Crippen LogP contribution in [-0.4, -0.2) is 10.5 Å². The molecule has 4 aromatic carbocycles.